The average molecular weight is 400 g/mol. The Kier molecular flexibility index (Phi) is 4.92. The maximum atomic E-state index is 12.6. The second kappa shape index (κ2) is 7.52. The largest absolute Gasteiger partial charge is 0.486 e. The van der Waals surface area contributed by atoms with E-state index in [9.17, 15) is 9.59 Å². The van der Waals surface area contributed by atoms with Crippen molar-refractivity contribution in [2.45, 2.75) is 13.0 Å². The number of likely N-dealkylation sites (N-methyl/N-ethyl adjacent to an activating group) is 1. The lowest BCUT2D eigenvalue weighted by Crippen LogP contribution is -2.29. The maximum Gasteiger partial charge on any atom is 0.258 e. The van der Waals surface area contributed by atoms with Crippen LogP contribution in [0.3, 0.4) is 0 Å². The number of hydrogen-bond donors (Lipinski definition) is 1. The van der Waals surface area contributed by atoms with Gasteiger partial charge in [0.05, 0.1) is 28.9 Å². The lowest BCUT2D eigenvalue weighted by Gasteiger charge is -2.21. The average Bonchev–Trinajstić information content (AvgIpc) is 2.68. The highest BCUT2D eigenvalue weighted by Gasteiger charge is 2.19. The number of aromatic amines is 1. The Morgan fingerprint density at radius 3 is 2.89 bits per heavy atom. The normalized spacial score (nSPS) is 12.8. The van der Waals surface area contributed by atoms with Crippen LogP contribution in [-0.4, -0.2) is 41.0 Å². The van der Waals surface area contributed by atoms with Gasteiger partial charge in [0.15, 0.2) is 11.5 Å². The minimum Gasteiger partial charge on any atom is -0.486 e. The van der Waals surface area contributed by atoms with Crippen LogP contribution >= 0.6 is 11.6 Å². The highest BCUT2D eigenvalue weighted by atomic mass is 35.5. The van der Waals surface area contributed by atoms with E-state index in [4.69, 9.17) is 21.1 Å². The molecule has 0 fully saturated rings. The quantitative estimate of drug-likeness (QED) is 0.728. The zero-order valence-electron chi connectivity index (χ0n) is 15.2. The first kappa shape index (κ1) is 18.3. The summed E-state index contributed by atoms with van der Waals surface area (Å²) in [5.74, 6) is 1.35. The molecule has 1 N–H and O–H groups in total. The van der Waals surface area contributed by atoms with Crippen molar-refractivity contribution < 1.29 is 14.3 Å². The highest BCUT2D eigenvalue weighted by Crippen LogP contribution is 2.38. The van der Waals surface area contributed by atoms with Crippen molar-refractivity contribution in [3.63, 3.8) is 0 Å². The molecule has 0 unspecified atom stereocenters. The molecule has 7 nitrogen and oxygen atoms in total. The van der Waals surface area contributed by atoms with Gasteiger partial charge in [-0.2, -0.15) is 0 Å². The van der Waals surface area contributed by atoms with Gasteiger partial charge in [0, 0.05) is 7.05 Å². The molecule has 0 spiro atoms. The van der Waals surface area contributed by atoms with E-state index in [0.29, 0.717) is 46.5 Å². The number of benzene rings is 2. The van der Waals surface area contributed by atoms with Crippen molar-refractivity contribution in [3.05, 3.63) is 63.2 Å². The van der Waals surface area contributed by atoms with Gasteiger partial charge in [-0.3, -0.25) is 9.59 Å². The Hall–Kier alpha value is -3.06. The van der Waals surface area contributed by atoms with Crippen LogP contribution in [0.1, 0.15) is 11.4 Å². The van der Waals surface area contributed by atoms with Crippen LogP contribution in [0.5, 0.6) is 11.5 Å². The fourth-order valence-corrected chi connectivity index (χ4v) is 3.39. The van der Waals surface area contributed by atoms with Crippen molar-refractivity contribution in [1.29, 1.82) is 0 Å². The van der Waals surface area contributed by atoms with Gasteiger partial charge in [0.1, 0.15) is 19.0 Å². The van der Waals surface area contributed by atoms with E-state index in [-0.39, 0.29) is 24.4 Å². The topological polar surface area (TPSA) is 84.5 Å². The van der Waals surface area contributed by atoms with Crippen molar-refractivity contribution in [2.75, 3.05) is 20.3 Å². The summed E-state index contributed by atoms with van der Waals surface area (Å²) in [6, 6.07) is 10.6. The van der Waals surface area contributed by atoms with Crippen LogP contribution in [0.2, 0.25) is 5.02 Å². The Morgan fingerprint density at radius 2 is 2.04 bits per heavy atom. The molecule has 144 valence electrons. The molecule has 3 aromatic rings. The number of hydrogen-bond acceptors (Lipinski definition) is 5. The Balaban J connectivity index is 1.50. The molecule has 0 saturated carbocycles. The summed E-state index contributed by atoms with van der Waals surface area (Å²) in [6.45, 7) is 1.09. The van der Waals surface area contributed by atoms with Crippen molar-refractivity contribution in [3.8, 4) is 11.5 Å². The van der Waals surface area contributed by atoms with Crippen LogP contribution in [0.15, 0.2) is 41.2 Å². The highest BCUT2D eigenvalue weighted by molar-refractivity contribution is 6.32. The summed E-state index contributed by atoms with van der Waals surface area (Å²) in [4.78, 5) is 33.5. The van der Waals surface area contributed by atoms with E-state index in [1.54, 1.807) is 37.4 Å². The fourth-order valence-electron chi connectivity index (χ4n) is 3.10. The maximum absolute atomic E-state index is 12.6. The minimum atomic E-state index is -0.222. The molecule has 0 bridgehead atoms. The van der Waals surface area contributed by atoms with Crippen LogP contribution in [0.25, 0.3) is 10.9 Å². The number of H-pyrrole nitrogens is 1. The minimum absolute atomic E-state index is 0.136. The smallest absolute Gasteiger partial charge is 0.258 e. The van der Waals surface area contributed by atoms with Crippen LogP contribution in [0.4, 0.5) is 0 Å². The van der Waals surface area contributed by atoms with E-state index in [2.05, 4.69) is 9.97 Å². The number of rotatable bonds is 4. The third-order valence-electron chi connectivity index (χ3n) is 4.49. The molecule has 1 aliphatic heterocycles. The second-order valence-corrected chi connectivity index (χ2v) is 6.97. The number of halogens is 1. The molecule has 1 aromatic heterocycles. The molecule has 1 amide bonds. The monoisotopic (exact) mass is 399 g/mol. The molecule has 28 heavy (non-hydrogen) atoms. The summed E-state index contributed by atoms with van der Waals surface area (Å²) >= 11 is 6.23. The summed E-state index contributed by atoms with van der Waals surface area (Å²) in [5.41, 5.74) is 1.10. The number of ether oxygens (including phenoxy) is 2. The number of fused-ring (bicyclic) bond motifs is 2. The molecule has 0 radical (unpaired) electrons. The molecular formula is C20H18ClN3O4. The SMILES string of the molecule is CN(Cc1nc2ccccc2c(=O)[nH]1)C(=O)Cc1cc(Cl)c2c(c1)OCCO2. The fraction of sp³-hybridized carbons (Fsp3) is 0.250. The number of amides is 1. The Bertz CT molecular complexity index is 1110. The van der Waals surface area contributed by atoms with E-state index < -0.39 is 0 Å². The first-order valence-electron chi connectivity index (χ1n) is 8.81. The Labute approximate surface area is 165 Å². The van der Waals surface area contributed by atoms with Gasteiger partial charge in [-0.25, -0.2) is 4.98 Å². The zero-order chi connectivity index (χ0) is 19.7. The second-order valence-electron chi connectivity index (χ2n) is 6.56. The van der Waals surface area contributed by atoms with E-state index in [1.807, 2.05) is 6.07 Å². The van der Waals surface area contributed by atoms with Crippen molar-refractivity contribution >= 4 is 28.4 Å². The third-order valence-corrected chi connectivity index (χ3v) is 4.77. The predicted molar refractivity (Wildman–Crippen MR) is 105 cm³/mol. The number of nitrogens with one attached hydrogen (secondary N) is 1. The predicted octanol–water partition coefficient (Wildman–Crippen LogP) is 2.55. The lowest BCUT2D eigenvalue weighted by atomic mass is 10.1. The summed E-state index contributed by atoms with van der Waals surface area (Å²) in [5, 5.41) is 0.939. The van der Waals surface area contributed by atoms with Gasteiger partial charge >= 0.3 is 0 Å². The van der Waals surface area contributed by atoms with Gasteiger partial charge in [-0.15, -0.1) is 0 Å². The van der Waals surface area contributed by atoms with Crippen molar-refractivity contribution in [2.24, 2.45) is 0 Å². The van der Waals surface area contributed by atoms with Gasteiger partial charge in [-0.1, -0.05) is 23.7 Å². The first-order valence-corrected chi connectivity index (χ1v) is 9.19. The summed E-state index contributed by atoms with van der Waals surface area (Å²) in [7, 11) is 1.66. The van der Waals surface area contributed by atoms with E-state index >= 15 is 0 Å². The van der Waals surface area contributed by atoms with E-state index in [0.717, 1.165) is 5.56 Å². The van der Waals surface area contributed by atoms with Crippen molar-refractivity contribution in [1.82, 2.24) is 14.9 Å². The van der Waals surface area contributed by atoms with Crippen LogP contribution in [0, 0.1) is 0 Å². The molecular weight excluding hydrogens is 382 g/mol. The molecule has 2 aromatic carbocycles. The molecule has 4 rings (SSSR count). The summed E-state index contributed by atoms with van der Waals surface area (Å²) in [6.07, 6.45) is 0.144. The molecule has 2 heterocycles. The Morgan fingerprint density at radius 1 is 1.25 bits per heavy atom. The molecule has 0 atom stereocenters. The third kappa shape index (κ3) is 3.66. The number of aromatic nitrogens is 2. The van der Waals surface area contributed by atoms with E-state index in [1.165, 1.54) is 4.90 Å². The van der Waals surface area contributed by atoms with Gasteiger partial charge < -0.3 is 19.4 Å². The number of carbonyl (C=O) groups excluding carboxylic acids is 1. The van der Waals surface area contributed by atoms with Crippen LogP contribution < -0.4 is 15.0 Å². The molecule has 1 aliphatic rings. The summed E-state index contributed by atoms with van der Waals surface area (Å²) < 4.78 is 11.0. The number of nitrogens with zero attached hydrogens (tertiary/aromatic N) is 2. The zero-order valence-corrected chi connectivity index (χ0v) is 16.0. The van der Waals surface area contributed by atoms with Crippen LogP contribution in [-0.2, 0) is 17.8 Å². The number of carbonyl (C=O) groups is 1. The van der Waals surface area contributed by atoms with Gasteiger partial charge in [0.2, 0.25) is 5.91 Å². The van der Waals surface area contributed by atoms with Gasteiger partial charge in [-0.05, 0) is 29.8 Å². The lowest BCUT2D eigenvalue weighted by molar-refractivity contribution is -0.129. The number of para-hydroxylation sites is 1. The molecule has 0 aliphatic carbocycles. The first-order chi connectivity index (χ1) is 13.5. The van der Waals surface area contributed by atoms with Gasteiger partial charge in [0.25, 0.3) is 5.56 Å². The molecule has 0 saturated heterocycles. The standard InChI is InChI=1S/C20H18ClN3O4/c1-24(11-17-22-15-5-3-2-4-13(15)20(26)23-17)18(25)10-12-8-14(21)19-16(9-12)27-6-7-28-19/h2-5,8-9H,6-7,10-11H2,1H3,(H,22,23,26). The molecule has 8 heteroatoms.